The van der Waals surface area contributed by atoms with Crippen LogP contribution in [0.25, 0.3) is 0 Å². The van der Waals surface area contributed by atoms with Gasteiger partial charge in [0.15, 0.2) is 0 Å². The lowest BCUT2D eigenvalue weighted by Crippen LogP contribution is -2.35. The Balaban J connectivity index is 1.25. The lowest BCUT2D eigenvalue weighted by Gasteiger charge is -2.26. The lowest BCUT2D eigenvalue weighted by atomic mass is 9.92. The van der Waals surface area contributed by atoms with Gasteiger partial charge in [-0.05, 0) is 41.8 Å². The summed E-state index contributed by atoms with van der Waals surface area (Å²) in [7, 11) is 0. The molecule has 2 aliphatic heterocycles. The zero-order valence-electron chi connectivity index (χ0n) is 21.5. The summed E-state index contributed by atoms with van der Waals surface area (Å²) in [4.78, 5) is 20.9. The van der Waals surface area contributed by atoms with Crippen molar-refractivity contribution in [2.24, 2.45) is 0 Å². The first-order chi connectivity index (χ1) is 18.6. The minimum atomic E-state index is -0.523. The summed E-state index contributed by atoms with van der Waals surface area (Å²) in [5.41, 5.74) is 4.16. The fourth-order valence-corrected chi connectivity index (χ4v) is 4.82. The number of morpholine rings is 1. The van der Waals surface area contributed by atoms with E-state index >= 15 is 0 Å². The molecule has 3 heterocycles. The van der Waals surface area contributed by atoms with Crippen LogP contribution in [0.1, 0.15) is 40.3 Å². The van der Waals surface area contributed by atoms with Gasteiger partial charge in [0.25, 0.3) is 5.56 Å². The van der Waals surface area contributed by atoms with Crippen LogP contribution in [0.3, 0.4) is 0 Å². The summed E-state index contributed by atoms with van der Waals surface area (Å²) in [5, 5.41) is 13.8. The molecule has 0 radical (unpaired) electrons. The van der Waals surface area contributed by atoms with Gasteiger partial charge in [0, 0.05) is 62.3 Å². The van der Waals surface area contributed by atoms with E-state index in [1.165, 1.54) is 11.9 Å². The molecule has 2 aliphatic rings. The molecule has 3 N–H and O–H groups in total. The Morgan fingerprint density at radius 3 is 2.42 bits per heavy atom. The van der Waals surface area contributed by atoms with Crippen molar-refractivity contribution < 1.29 is 14.6 Å². The Labute approximate surface area is 223 Å². The lowest BCUT2D eigenvalue weighted by molar-refractivity contribution is 0.0342. The van der Waals surface area contributed by atoms with Gasteiger partial charge in [-0.25, -0.2) is 4.98 Å². The van der Waals surface area contributed by atoms with E-state index < -0.39 is 5.56 Å². The van der Waals surface area contributed by atoms with Gasteiger partial charge >= 0.3 is 0 Å². The quantitative estimate of drug-likeness (QED) is 0.397. The van der Waals surface area contributed by atoms with E-state index in [0.29, 0.717) is 31.3 Å². The second kappa shape index (κ2) is 12.9. The molecule has 5 rings (SSSR count). The smallest absolute Gasteiger partial charge is 0.293 e. The van der Waals surface area contributed by atoms with Crippen molar-refractivity contribution in [1.82, 2.24) is 20.2 Å². The monoisotopic (exact) mass is 514 g/mol. The number of benzene rings is 2. The molecule has 0 unspecified atom stereocenters. The molecule has 198 valence electrons. The molecule has 38 heavy (non-hydrogen) atoms. The summed E-state index contributed by atoms with van der Waals surface area (Å²) in [6.07, 6.45) is 2.75. The zero-order valence-corrected chi connectivity index (χ0v) is 21.5. The van der Waals surface area contributed by atoms with Crippen molar-refractivity contribution in [2.75, 3.05) is 46.1 Å². The standard InChI is InChI=1S/C30H34N4O4/c35-29-28(32-21-33-30(29)36)17-26(18-31-27-11-14-38-20-27)25-9-7-23(8-10-25)2-1-22-3-5-24(6-4-22)19-34-12-15-37-16-13-34/h3-10,21,26-27,31,35H,11-20H2,(H,32,33,36)/t26-,27+/m0/s1. The van der Waals surface area contributed by atoms with Crippen molar-refractivity contribution in [1.29, 1.82) is 0 Å². The Morgan fingerprint density at radius 1 is 1.03 bits per heavy atom. The average Bonchev–Trinajstić information content (AvgIpc) is 3.48. The van der Waals surface area contributed by atoms with E-state index in [-0.39, 0.29) is 11.7 Å². The third kappa shape index (κ3) is 7.09. The van der Waals surface area contributed by atoms with Crippen LogP contribution >= 0.6 is 0 Å². The molecule has 2 fully saturated rings. The predicted octanol–water partition coefficient (Wildman–Crippen LogP) is 2.41. The summed E-state index contributed by atoms with van der Waals surface area (Å²) >= 11 is 0. The summed E-state index contributed by atoms with van der Waals surface area (Å²) < 4.78 is 10.9. The topological polar surface area (TPSA) is 99.7 Å². The maximum atomic E-state index is 11.9. The molecule has 2 atom stereocenters. The fraction of sp³-hybridized carbons (Fsp3) is 0.400. The highest BCUT2D eigenvalue weighted by Crippen LogP contribution is 2.23. The normalized spacial score (nSPS) is 18.6. The molecule has 0 saturated carbocycles. The van der Waals surface area contributed by atoms with Crippen LogP contribution in [0.5, 0.6) is 5.75 Å². The molecule has 3 aromatic rings. The average molecular weight is 515 g/mol. The third-order valence-corrected chi connectivity index (χ3v) is 7.12. The Bertz CT molecular complexity index is 1300. The van der Waals surface area contributed by atoms with E-state index in [2.05, 4.69) is 68.4 Å². The minimum Gasteiger partial charge on any atom is -0.502 e. The van der Waals surface area contributed by atoms with Crippen molar-refractivity contribution >= 4 is 0 Å². The number of nitrogens with one attached hydrogen (secondary N) is 2. The maximum absolute atomic E-state index is 11.9. The highest BCUT2D eigenvalue weighted by Gasteiger charge is 2.21. The first-order valence-corrected chi connectivity index (χ1v) is 13.2. The van der Waals surface area contributed by atoms with Gasteiger partial charge in [-0.2, -0.15) is 0 Å². The molecule has 0 amide bonds. The van der Waals surface area contributed by atoms with Crippen LogP contribution in [-0.2, 0) is 22.4 Å². The van der Waals surface area contributed by atoms with E-state index in [1.54, 1.807) is 0 Å². The molecule has 2 aromatic carbocycles. The Hall–Kier alpha value is -3.48. The summed E-state index contributed by atoms with van der Waals surface area (Å²) in [5.74, 6) is 6.23. The maximum Gasteiger partial charge on any atom is 0.293 e. The predicted molar refractivity (Wildman–Crippen MR) is 145 cm³/mol. The number of hydrogen-bond donors (Lipinski definition) is 3. The fourth-order valence-electron chi connectivity index (χ4n) is 4.82. The Morgan fingerprint density at radius 2 is 1.74 bits per heavy atom. The van der Waals surface area contributed by atoms with E-state index in [1.807, 2.05) is 12.1 Å². The molecule has 8 heteroatoms. The molecule has 1 aromatic heterocycles. The van der Waals surface area contributed by atoms with Gasteiger partial charge in [-0.1, -0.05) is 36.1 Å². The van der Waals surface area contributed by atoms with Gasteiger partial charge in [-0.3, -0.25) is 9.69 Å². The van der Waals surface area contributed by atoms with E-state index in [9.17, 15) is 9.90 Å². The minimum absolute atomic E-state index is 0.0248. The molecular weight excluding hydrogens is 480 g/mol. The number of rotatable bonds is 8. The summed E-state index contributed by atoms with van der Waals surface area (Å²) in [6.45, 7) is 6.65. The van der Waals surface area contributed by atoms with Crippen molar-refractivity contribution in [3.63, 3.8) is 0 Å². The highest BCUT2D eigenvalue weighted by atomic mass is 16.5. The second-order valence-corrected chi connectivity index (χ2v) is 9.85. The van der Waals surface area contributed by atoms with Gasteiger partial charge in [0.2, 0.25) is 5.75 Å². The zero-order chi connectivity index (χ0) is 26.2. The highest BCUT2D eigenvalue weighted by molar-refractivity contribution is 5.44. The van der Waals surface area contributed by atoms with Crippen molar-refractivity contribution in [3.05, 3.63) is 93.2 Å². The molecule has 0 bridgehead atoms. The van der Waals surface area contributed by atoms with Gasteiger partial charge in [0.1, 0.15) is 0 Å². The number of aromatic nitrogens is 2. The second-order valence-electron chi connectivity index (χ2n) is 9.85. The molecular formula is C30H34N4O4. The van der Waals surface area contributed by atoms with Crippen LogP contribution in [0.2, 0.25) is 0 Å². The summed E-state index contributed by atoms with van der Waals surface area (Å²) in [6, 6.07) is 16.9. The van der Waals surface area contributed by atoms with Crippen LogP contribution in [0, 0.1) is 11.8 Å². The molecule has 2 saturated heterocycles. The number of H-pyrrole nitrogens is 1. The van der Waals surface area contributed by atoms with E-state index in [4.69, 9.17) is 9.47 Å². The van der Waals surface area contributed by atoms with Crippen LogP contribution in [-0.4, -0.2) is 72.1 Å². The van der Waals surface area contributed by atoms with E-state index in [0.717, 1.165) is 62.6 Å². The number of nitrogens with zero attached hydrogens (tertiary/aromatic N) is 2. The number of hydrogen-bond acceptors (Lipinski definition) is 7. The first-order valence-electron chi connectivity index (χ1n) is 13.2. The van der Waals surface area contributed by atoms with Gasteiger partial charge < -0.3 is 24.9 Å². The first kappa shape index (κ1) is 26.1. The molecule has 8 nitrogen and oxygen atoms in total. The largest absolute Gasteiger partial charge is 0.502 e. The molecule has 0 spiro atoms. The number of aromatic hydroxyl groups is 1. The van der Waals surface area contributed by atoms with Gasteiger partial charge in [-0.15, -0.1) is 0 Å². The Kier molecular flexibility index (Phi) is 8.84. The van der Waals surface area contributed by atoms with Gasteiger partial charge in [0.05, 0.1) is 31.8 Å². The SMILES string of the molecule is O=c1[nH]cnc(C[C@@H](CN[C@@H]2CCOC2)c2ccc(C#Cc3ccc(CN4CCOCC4)cc3)cc2)c1O. The van der Waals surface area contributed by atoms with Crippen molar-refractivity contribution in [2.45, 2.75) is 31.3 Å². The van der Waals surface area contributed by atoms with Crippen LogP contribution < -0.4 is 10.9 Å². The molecule has 0 aliphatic carbocycles. The van der Waals surface area contributed by atoms with Crippen LogP contribution in [0.4, 0.5) is 0 Å². The number of aromatic amines is 1. The third-order valence-electron chi connectivity index (χ3n) is 7.12. The number of ether oxygens (including phenoxy) is 2. The van der Waals surface area contributed by atoms with Crippen molar-refractivity contribution in [3.8, 4) is 17.6 Å². The van der Waals surface area contributed by atoms with Crippen LogP contribution in [0.15, 0.2) is 59.7 Å².